The van der Waals surface area contributed by atoms with E-state index < -0.39 is 17.9 Å². The first-order chi connectivity index (χ1) is 22.4. The molecule has 10 nitrogen and oxygen atoms in total. The number of nitrogens with one attached hydrogen (secondary N) is 2. The fraction of sp³-hybridized carbons (Fsp3) is 0.500. The lowest BCUT2D eigenvalue weighted by molar-refractivity contribution is -0.126. The molecular weight excluding hydrogens is 584 g/mol. The largest absolute Gasteiger partial charge is 0.461 e. The summed E-state index contributed by atoms with van der Waals surface area (Å²) in [5.74, 6) is -1.36. The third-order valence-electron chi connectivity index (χ3n) is 8.86. The van der Waals surface area contributed by atoms with Gasteiger partial charge in [-0.3, -0.25) is 9.59 Å². The first-order valence-corrected chi connectivity index (χ1v) is 16.6. The molecule has 2 fully saturated rings. The molecular formula is C36H46N4O6. The van der Waals surface area contributed by atoms with Crippen molar-refractivity contribution in [3.05, 3.63) is 89.2 Å². The zero-order chi connectivity index (χ0) is 32.3. The van der Waals surface area contributed by atoms with Crippen LogP contribution in [0.2, 0.25) is 0 Å². The summed E-state index contributed by atoms with van der Waals surface area (Å²) in [4.78, 5) is 40.2. The second-order valence-corrected chi connectivity index (χ2v) is 12.2. The van der Waals surface area contributed by atoms with Gasteiger partial charge in [0.25, 0.3) is 5.91 Å². The van der Waals surface area contributed by atoms with Crippen LogP contribution in [0.5, 0.6) is 0 Å². The fourth-order valence-electron chi connectivity index (χ4n) is 6.30. The summed E-state index contributed by atoms with van der Waals surface area (Å²) >= 11 is 0. The van der Waals surface area contributed by atoms with E-state index >= 15 is 0 Å². The molecule has 1 heterocycles. The van der Waals surface area contributed by atoms with Crippen LogP contribution in [-0.2, 0) is 32.2 Å². The third-order valence-corrected chi connectivity index (χ3v) is 8.86. The standard InChI is InChI=1S/C36H46N4O6/c1-3-44-36(43)30-22-31(35(42)38-29-19-11-13-21-33(29)46-24-27-16-8-5-9-17-27)40(39-30)25(2)34(41)37-28-18-10-12-20-32(28)45-23-26-14-6-4-7-15-26/h4-9,14-17,22,25,28-29,32-33H,3,10-13,18-21,23-24H2,1-2H3,(H,37,41)(H,38,42)/t25?,28?,29-,32-,33-/m0/s1. The first-order valence-electron chi connectivity index (χ1n) is 16.6. The van der Waals surface area contributed by atoms with Crippen molar-refractivity contribution in [2.75, 3.05) is 6.61 Å². The van der Waals surface area contributed by atoms with E-state index in [2.05, 4.69) is 15.7 Å². The highest BCUT2D eigenvalue weighted by molar-refractivity contribution is 5.97. The highest BCUT2D eigenvalue weighted by Gasteiger charge is 2.33. The van der Waals surface area contributed by atoms with Crippen LogP contribution in [0.15, 0.2) is 66.7 Å². The molecule has 2 N–H and O–H groups in total. The van der Waals surface area contributed by atoms with Crippen molar-refractivity contribution in [2.45, 2.75) is 109 Å². The van der Waals surface area contributed by atoms with Crippen molar-refractivity contribution in [2.24, 2.45) is 0 Å². The van der Waals surface area contributed by atoms with Gasteiger partial charge in [-0.15, -0.1) is 0 Å². The lowest BCUT2D eigenvalue weighted by atomic mass is 9.92. The molecule has 5 atom stereocenters. The maximum Gasteiger partial charge on any atom is 0.358 e. The van der Waals surface area contributed by atoms with E-state index in [1.54, 1.807) is 13.8 Å². The maximum absolute atomic E-state index is 13.8. The average molecular weight is 631 g/mol. The highest BCUT2D eigenvalue weighted by Crippen LogP contribution is 2.25. The van der Waals surface area contributed by atoms with Crippen LogP contribution < -0.4 is 10.6 Å². The Hall–Kier alpha value is -4.02. The van der Waals surface area contributed by atoms with Gasteiger partial charge >= 0.3 is 5.97 Å². The van der Waals surface area contributed by atoms with Crippen LogP contribution >= 0.6 is 0 Å². The Bertz CT molecular complexity index is 1430. The number of rotatable bonds is 13. The number of aromatic nitrogens is 2. The quantitative estimate of drug-likeness (QED) is 0.239. The lowest BCUT2D eigenvalue weighted by Gasteiger charge is -2.33. The van der Waals surface area contributed by atoms with Gasteiger partial charge in [0.05, 0.1) is 44.1 Å². The van der Waals surface area contributed by atoms with Gasteiger partial charge in [0.2, 0.25) is 5.91 Å². The molecule has 46 heavy (non-hydrogen) atoms. The molecule has 0 radical (unpaired) electrons. The molecule has 2 aromatic carbocycles. The molecule has 3 aromatic rings. The topological polar surface area (TPSA) is 121 Å². The number of nitrogens with zero attached hydrogens (tertiary/aromatic N) is 2. The van der Waals surface area contributed by atoms with Crippen molar-refractivity contribution in [1.29, 1.82) is 0 Å². The first kappa shape index (κ1) is 33.3. The van der Waals surface area contributed by atoms with Gasteiger partial charge < -0.3 is 24.8 Å². The van der Waals surface area contributed by atoms with Gasteiger partial charge in [-0.2, -0.15) is 5.10 Å². The molecule has 0 aliphatic heterocycles. The van der Waals surface area contributed by atoms with E-state index in [0.717, 1.165) is 62.5 Å². The molecule has 0 saturated heterocycles. The molecule has 0 bridgehead atoms. The second-order valence-electron chi connectivity index (χ2n) is 12.2. The van der Waals surface area contributed by atoms with E-state index in [0.29, 0.717) is 13.2 Å². The SMILES string of the molecule is CCOC(=O)c1cc(C(=O)N[C@H]2CCCC[C@@H]2OCc2ccccc2)n(C(C)C(=O)NC2CCCC[C@@H]2OCc2ccccc2)n1. The Morgan fingerprint density at radius 2 is 1.33 bits per heavy atom. The monoisotopic (exact) mass is 630 g/mol. The Morgan fingerprint density at radius 1 is 0.804 bits per heavy atom. The van der Waals surface area contributed by atoms with Crippen LogP contribution in [0.25, 0.3) is 0 Å². The molecule has 2 amide bonds. The van der Waals surface area contributed by atoms with Crippen LogP contribution in [0.1, 0.15) is 103 Å². The zero-order valence-electron chi connectivity index (χ0n) is 26.9. The molecule has 10 heteroatoms. The zero-order valence-corrected chi connectivity index (χ0v) is 26.9. The molecule has 2 aliphatic carbocycles. The van der Waals surface area contributed by atoms with Gasteiger partial charge in [-0.1, -0.05) is 86.3 Å². The minimum Gasteiger partial charge on any atom is -0.461 e. The van der Waals surface area contributed by atoms with E-state index in [9.17, 15) is 14.4 Å². The minimum atomic E-state index is -0.864. The number of ether oxygens (including phenoxy) is 3. The van der Waals surface area contributed by atoms with Crippen LogP contribution in [0.4, 0.5) is 0 Å². The van der Waals surface area contributed by atoms with Crippen molar-refractivity contribution >= 4 is 17.8 Å². The summed E-state index contributed by atoms with van der Waals surface area (Å²) in [5, 5.41) is 10.7. The normalized spacial score (nSPS) is 22.0. The second kappa shape index (κ2) is 16.5. The summed E-state index contributed by atoms with van der Waals surface area (Å²) in [5.41, 5.74) is 2.25. The number of hydrogen-bond acceptors (Lipinski definition) is 7. The van der Waals surface area contributed by atoms with Crippen molar-refractivity contribution in [1.82, 2.24) is 20.4 Å². The molecule has 5 rings (SSSR count). The lowest BCUT2D eigenvalue weighted by Crippen LogP contribution is -2.49. The smallest absolute Gasteiger partial charge is 0.358 e. The van der Waals surface area contributed by atoms with Crippen molar-refractivity contribution in [3.8, 4) is 0 Å². The van der Waals surface area contributed by atoms with Gasteiger partial charge in [0, 0.05) is 6.07 Å². The summed E-state index contributed by atoms with van der Waals surface area (Å²) < 4.78 is 19.0. The van der Waals surface area contributed by atoms with Gasteiger partial charge in [0.1, 0.15) is 11.7 Å². The predicted octanol–water partition coefficient (Wildman–Crippen LogP) is 5.52. The number of hydrogen-bond donors (Lipinski definition) is 2. The fourth-order valence-corrected chi connectivity index (χ4v) is 6.30. The highest BCUT2D eigenvalue weighted by atomic mass is 16.5. The van der Waals surface area contributed by atoms with E-state index in [4.69, 9.17) is 14.2 Å². The van der Waals surface area contributed by atoms with Crippen LogP contribution in [0.3, 0.4) is 0 Å². The molecule has 1 aromatic heterocycles. The average Bonchev–Trinajstić information content (AvgIpc) is 3.54. The van der Waals surface area contributed by atoms with Gasteiger partial charge in [0.15, 0.2) is 5.69 Å². The number of carbonyl (C=O) groups excluding carboxylic acids is 3. The number of amides is 2. The maximum atomic E-state index is 13.8. The molecule has 246 valence electrons. The molecule has 2 unspecified atom stereocenters. The van der Waals surface area contributed by atoms with E-state index in [1.165, 1.54) is 10.7 Å². The van der Waals surface area contributed by atoms with Crippen molar-refractivity contribution < 1.29 is 28.6 Å². The number of carbonyl (C=O) groups is 3. The van der Waals surface area contributed by atoms with Crippen LogP contribution in [0, 0.1) is 0 Å². The summed E-state index contributed by atoms with van der Waals surface area (Å²) in [6.45, 7) is 4.48. The number of benzene rings is 2. The Labute approximate surface area is 271 Å². The summed E-state index contributed by atoms with van der Waals surface area (Å²) in [6, 6.07) is 20.1. The van der Waals surface area contributed by atoms with Gasteiger partial charge in [-0.25, -0.2) is 9.48 Å². The third kappa shape index (κ3) is 8.82. The van der Waals surface area contributed by atoms with Gasteiger partial charge in [-0.05, 0) is 50.7 Å². The predicted molar refractivity (Wildman–Crippen MR) is 173 cm³/mol. The molecule has 0 spiro atoms. The summed E-state index contributed by atoms with van der Waals surface area (Å²) in [7, 11) is 0. The Kier molecular flexibility index (Phi) is 12.0. The summed E-state index contributed by atoms with van der Waals surface area (Å²) in [6.07, 6.45) is 6.98. The molecule has 2 saturated carbocycles. The van der Waals surface area contributed by atoms with Crippen molar-refractivity contribution in [3.63, 3.8) is 0 Å². The minimum absolute atomic E-state index is 0.0195. The van der Waals surface area contributed by atoms with E-state index in [1.807, 2.05) is 60.7 Å². The Balaban J connectivity index is 1.28. The molecule has 2 aliphatic rings. The number of esters is 1. The Morgan fingerprint density at radius 3 is 1.87 bits per heavy atom. The van der Waals surface area contributed by atoms with E-state index in [-0.39, 0.29) is 48.2 Å². The van der Waals surface area contributed by atoms with Crippen LogP contribution in [-0.4, -0.2) is 58.5 Å².